The maximum atomic E-state index is 13.0. The van der Waals surface area contributed by atoms with Crippen molar-refractivity contribution in [1.29, 1.82) is 0 Å². The van der Waals surface area contributed by atoms with Crippen LogP contribution in [0.15, 0.2) is 0 Å². The number of nitrogens with one attached hydrogen (secondary N) is 2. The van der Waals surface area contributed by atoms with E-state index < -0.39 is 5.92 Å². The third-order valence-corrected chi connectivity index (χ3v) is 4.04. The molecule has 5 heteroatoms. The lowest BCUT2D eigenvalue weighted by atomic mass is 9.86. The predicted octanol–water partition coefficient (Wildman–Crippen LogP) is 2.07. The number of hydrogen-bond donors (Lipinski definition) is 2. The van der Waals surface area contributed by atoms with Crippen molar-refractivity contribution in [3.63, 3.8) is 0 Å². The fourth-order valence-electron chi connectivity index (χ4n) is 2.82. The van der Waals surface area contributed by atoms with Crippen LogP contribution in [0.1, 0.15) is 44.9 Å². The van der Waals surface area contributed by atoms with E-state index in [2.05, 4.69) is 10.6 Å². The van der Waals surface area contributed by atoms with Crippen LogP contribution in [0, 0.1) is 5.92 Å². The molecule has 1 atom stereocenters. The van der Waals surface area contributed by atoms with Crippen molar-refractivity contribution in [2.45, 2.75) is 56.9 Å². The summed E-state index contributed by atoms with van der Waals surface area (Å²) in [6.45, 7) is 1.72. The lowest BCUT2D eigenvalue weighted by Gasteiger charge is -2.27. The second-order valence-electron chi connectivity index (χ2n) is 5.50. The average molecular weight is 260 g/mol. The van der Waals surface area contributed by atoms with Gasteiger partial charge in [0.1, 0.15) is 0 Å². The van der Waals surface area contributed by atoms with Gasteiger partial charge in [0, 0.05) is 31.3 Å². The zero-order valence-corrected chi connectivity index (χ0v) is 10.7. The third-order valence-electron chi connectivity index (χ3n) is 4.04. The fourth-order valence-corrected chi connectivity index (χ4v) is 2.82. The van der Waals surface area contributed by atoms with Gasteiger partial charge in [-0.05, 0) is 38.6 Å². The normalized spacial score (nSPS) is 28.2. The van der Waals surface area contributed by atoms with Gasteiger partial charge in [-0.25, -0.2) is 8.78 Å². The Balaban J connectivity index is 1.62. The molecule has 104 valence electrons. The topological polar surface area (TPSA) is 41.1 Å². The summed E-state index contributed by atoms with van der Waals surface area (Å²) in [5.74, 6) is -2.80. The van der Waals surface area contributed by atoms with Crippen LogP contribution in [-0.2, 0) is 4.79 Å². The molecule has 1 aliphatic heterocycles. The Bertz CT molecular complexity index is 281. The van der Waals surface area contributed by atoms with E-state index in [4.69, 9.17) is 0 Å². The molecule has 1 aliphatic carbocycles. The van der Waals surface area contributed by atoms with Gasteiger partial charge in [0.2, 0.25) is 11.8 Å². The Morgan fingerprint density at radius 2 is 2.00 bits per heavy atom. The Labute approximate surface area is 107 Å². The molecule has 0 aromatic heterocycles. The number of halogens is 2. The monoisotopic (exact) mass is 260 g/mol. The summed E-state index contributed by atoms with van der Waals surface area (Å²) in [5.41, 5.74) is 0. The van der Waals surface area contributed by atoms with Crippen molar-refractivity contribution in [3.8, 4) is 0 Å². The van der Waals surface area contributed by atoms with E-state index in [-0.39, 0.29) is 24.7 Å². The smallest absolute Gasteiger partial charge is 0.248 e. The summed E-state index contributed by atoms with van der Waals surface area (Å²) in [6.07, 6.45) is 3.67. The Morgan fingerprint density at radius 1 is 1.28 bits per heavy atom. The minimum absolute atomic E-state index is 0.0384. The molecule has 0 aromatic rings. The van der Waals surface area contributed by atoms with E-state index in [1.165, 1.54) is 12.8 Å². The molecule has 1 saturated heterocycles. The first-order valence-electron chi connectivity index (χ1n) is 6.96. The van der Waals surface area contributed by atoms with Gasteiger partial charge in [0.15, 0.2) is 0 Å². The highest BCUT2D eigenvalue weighted by molar-refractivity contribution is 5.78. The average Bonchev–Trinajstić information content (AvgIpc) is 2.82. The van der Waals surface area contributed by atoms with E-state index in [0.717, 1.165) is 13.0 Å². The van der Waals surface area contributed by atoms with Gasteiger partial charge in [0.25, 0.3) is 0 Å². The highest BCUT2D eigenvalue weighted by Gasteiger charge is 2.37. The van der Waals surface area contributed by atoms with Crippen LogP contribution in [-0.4, -0.2) is 31.0 Å². The van der Waals surface area contributed by atoms with Crippen LogP contribution in [0.4, 0.5) is 8.78 Å². The standard InChI is InChI=1S/C13H22F2N2O/c14-13(15)6-3-10(4-7-13)12(18)17-9-5-11-2-1-8-16-11/h10-11,16H,1-9H2,(H,17,18). The van der Waals surface area contributed by atoms with Crippen molar-refractivity contribution in [2.75, 3.05) is 13.1 Å². The predicted molar refractivity (Wildman–Crippen MR) is 65.6 cm³/mol. The maximum Gasteiger partial charge on any atom is 0.248 e. The summed E-state index contributed by atoms with van der Waals surface area (Å²) in [6, 6.07) is 0.515. The van der Waals surface area contributed by atoms with Crippen molar-refractivity contribution in [1.82, 2.24) is 10.6 Å². The second kappa shape index (κ2) is 5.95. The third kappa shape index (κ3) is 3.90. The molecule has 0 spiro atoms. The minimum Gasteiger partial charge on any atom is -0.356 e. The molecule has 0 bridgehead atoms. The van der Waals surface area contributed by atoms with Crippen molar-refractivity contribution >= 4 is 5.91 Å². The molecule has 2 fully saturated rings. The number of amides is 1. The van der Waals surface area contributed by atoms with E-state index in [1.807, 2.05) is 0 Å². The largest absolute Gasteiger partial charge is 0.356 e. The lowest BCUT2D eigenvalue weighted by Crippen LogP contribution is -2.37. The van der Waals surface area contributed by atoms with E-state index in [1.54, 1.807) is 0 Å². The molecule has 2 rings (SSSR count). The summed E-state index contributed by atoms with van der Waals surface area (Å²) < 4.78 is 25.9. The lowest BCUT2D eigenvalue weighted by molar-refractivity contribution is -0.129. The van der Waals surface area contributed by atoms with Crippen LogP contribution in [0.2, 0.25) is 0 Å². The first-order valence-corrected chi connectivity index (χ1v) is 6.96. The van der Waals surface area contributed by atoms with Gasteiger partial charge in [-0.2, -0.15) is 0 Å². The maximum absolute atomic E-state index is 13.0. The minimum atomic E-state index is -2.55. The highest BCUT2D eigenvalue weighted by Crippen LogP contribution is 2.36. The fraction of sp³-hybridized carbons (Fsp3) is 0.923. The van der Waals surface area contributed by atoms with Gasteiger partial charge in [-0.1, -0.05) is 0 Å². The molecule has 18 heavy (non-hydrogen) atoms. The summed E-state index contributed by atoms with van der Waals surface area (Å²) in [7, 11) is 0. The molecular formula is C13H22F2N2O. The van der Waals surface area contributed by atoms with Crippen LogP contribution in [0.25, 0.3) is 0 Å². The number of alkyl halides is 2. The number of carbonyl (C=O) groups excluding carboxylic acids is 1. The molecule has 2 aliphatic rings. The molecule has 3 nitrogen and oxygen atoms in total. The van der Waals surface area contributed by atoms with Crippen LogP contribution < -0.4 is 10.6 Å². The molecule has 1 saturated carbocycles. The van der Waals surface area contributed by atoms with Crippen molar-refractivity contribution in [2.24, 2.45) is 5.92 Å². The van der Waals surface area contributed by atoms with E-state index in [0.29, 0.717) is 25.4 Å². The zero-order chi connectivity index (χ0) is 13.0. The Morgan fingerprint density at radius 3 is 2.61 bits per heavy atom. The molecular weight excluding hydrogens is 238 g/mol. The highest BCUT2D eigenvalue weighted by atomic mass is 19.3. The molecule has 1 heterocycles. The molecule has 2 N–H and O–H groups in total. The van der Waals surface area contributed by atoms with Crippen molar-refractivity contribution < 1.29 is 13.6 Å². The Kier molecular flexibility index (Phi) is 4.54. The quantitative estimate of drug-likeness (QED) is 0.812. The number of hydrogen-bond acceptors (Lipinski definition) is 2. The van der Waals surface area contributed by atoms with Gasteiger partial charge >= 0.3 is 0 Å². The first kappa shape index (κ1) is 13.7. The van der Waals surface area contributed by atoms with E-state index in [9.17, 15) is 13.6 Å². The SMILES string of the molecule is O=C(NCCC1CCCN1)C1CCC(F)(F)CC1. The molecule has 1 amide bonds. The van der Waals surface area contributed by atoms with E-state index >= 15 is 0 Å². The summed E-state index contributed by atoms with van der Waals surface area (Å²) in [5, 5.41) is 6.25. The zero-order valence-electron chi connectivity index (χ0n) is 10.7. The summed E-state index contributed by atoms with van der Waals surface area (Å²) >= 11 is 0. The molecule has 1 unspecified atom stereocenters. The van der Waals surface area contributed by atoms with Gasteiger partial charge in [0.05, 0.1) is 0 Å². The van der Waals surface area contributed by atoms with Crippen LogP contribution >= 0.6 is 0 Å². The van der Waals surface area contributed by atoms with Gasteiger partial charge in [-0.15, -0.1) is 0 Å². The van der Waals surface area contributed by atoms with Crippen LogP contribution in [0.5, 0.6) is 0 Å². The molecule has 0 aromatic carbocycles. The second-order valence-corrected chi connectivity index (χ2v) is 5.50. The van der Waals surface area contributed by atoms with Gasteiger partial charge in [-0.3, -0.25) is 4.79 Å². The Hall–Kier alpha value is -0.710. The number of carbonyl (C=O) groups is 1. The first-order chi connectivity index (χ1) is 8.57. The number of rotatable bonds is 4. The van der Waals surface area contributed by atoms with Crippen molar-refractivity contribution in [3.05, 3.63) is 0 Å². The van der Waals surface area contributed by atoms with Gasteiger partial charge < -0.3 is 10.6 Å². The summed E-state index contributed by atoms with van der Waals surface area (Å²) in [4.78, 5) is 11.8. The van der Waals surface area contributed by atoms with Crippen LogP contribution in [0.3, 0.4) is 0 Å². The molecule has 0 radical (unpaired) electrons.